The largest absolute Gasteiger partial charge is 0.381 e. The third kappa shape index (κ3) is 5.81. The molecule has 6 heterocycles. The molecule has 3 N–H and O–H groups in total. The van der Waals surface area contributed by atoms with Crippen molar-refractivity contribution in [1.29, 1.82) is 0 Å². The van der Waals surface area contributed by atoms with Crippen LogP contribution in [-0.2, 0) is 11.2 Å². The quantitative estimate of drug-likeness (QED) is 0.181. The Morgan fingerprint density at radius 3 is 2.44 bits per heavy atom. The topological polar surface area (TPSA) is 120 Å². The first-order valence-electron chi connectivity index (χ1n) is 16.4. The Hall–Kier alpha value is -5.40. The van der Waals surface area contributed by atoms with Crippen molar-refractivity contribution in [2.75, 3.05) is 53.3 Å². The van der Waals surface area contributed by atoms with Crippen LogP contribution in [0.1, 0.15) is 48.8 Å². The number of ether oxygens (including phenoxy) is 1. The number of carbonyl (C=O) groups is 3. The number of aromatic amines is 1. The lowest BCUT2D eigenvalue weighted by molar-refractivity contribution is -0.000510. The monoisotopic (exact) mass is 694 g/mol. The molecule has 3 aromatic heterocycles. The van der Waals surface area contributed by atoms with Crippen molar-refractivity contribution < 1.29 is 27.9 Å². The number of aromatic nitrogens is 2. The molecular formula is C37H32F2N6O4S. The maximum absolute atomic E-state index is 14.2. The molecule has 254 valence electrons. The van der Waals surface area contributed by atoms with Gasteiger partial charge in [-0.25, -0.2) is 13.8 Å². The molecule has 3 aliphatic rings. The van der Waals surface area contributed by atoms with E-state index < -0.39 is 23.2 Å². The van der Waals surface area contributed by atoms with Gasteiger partial charge >= 0.3 is 0 Å². The fraction of sp³-hybridized carbons (Fsp3) is 0.243. The van der Waals surface area contributed by atoms with E-state index >= 15 is 0 Å². The molecule has 0 unspecified atom stereocenters. The highest BCUT2D eigenvalue weighted by atomic mass is 32.1. The summed E-state index contributed by atoms with van der Waals surface area (Å²) in [4.78, 5) is 52.9. The Bertz CT molecular complexity index is 2100. The summed E-state index contributed by atoms with van der Waals surface area (Å²) < 4.78 is 33.9. The van der Waals surface area contributed by atoms with Crippen LogP contribution < -0.4 is 20.4 Å². The van der Waals surface area contributed by atoms with Gasteiger partial charge in [-0.15, -0.1) is 11.3 Å². The van der Waals surface area contributed by atoms with Crippen molar-refractivity contribution in [3.05, 3.63) is 112 Å². The number of hydrogen-bond acceptors (Lipinski definition) is 7. The molecule has 13 heteroatoms. The highest BCUT2D eigenvalue weighted by Crippen LogP contribution is 2.43. The summed E-state index contributed by atoms with van der Waals surface area (Å²) in [6, 6.07) is 17.2. The lowest BCUT2D eigenvalue weighted by Crippen LogP contribution is -2.59. The van der Waals surface area contributed by atoms with Gasteiger partial charge in [0.2, 0.25) is 0 Å². The second kappa shape index (κ2) is 12.8. The third-order valence-corrected chi connectivity index (χ3v) is 10.8. The lowest BCUT2D eigenvalue weighted by Gasteiger charge is -2.53. The van der Waals surface area contributed by atoms with E-state index in [1.165, 1.54) is 17.4 Å². The van der Waals surface area contributed by atoms with Gasteiger partial charge in [-0.1, -0.05) is 6.07 Å². The van der Waals surface area contributed by atoms with Gasteiger partial charge < -0.3 is 30.2 Å². The molecule has 3 amide bonds. The maximum atomic E-state index is 14.2. The Morgan fingerprint density at radius 2 is 1.68 bits per heavy atom. The molecule has 5 aromatic rings. The van der Waals surface area contributed by atoms with Crippen molar-refractivity contribution in [3.8, 4) is 10.6 Å². The van der Waals surface area contributed by atoms with Crippen molar-refractivity contribution in [2.24, 2.45) is 5.41 Å². The summed E-state index contributed by atoms with van der Waals surface area (Å²) in [5.74, 6) is -2.17. The highest BCUT2D eigenvalue weighted by molar-refractivity contribution is 7.17. The minimum absolute atomic E-state index is 0.221. The number of anilines is 4. The van der Waals surface area contributed by atoms with Gasteiger partial charge in [-0.05, 0) is 85.5 Å². The van der Waals surface area contributed by atoms with Crippen LogP contribution in [-0.4, -0.2) is 60.5 Å². The minimum atomic E-state index is -0.860. The smallest absolute Gasteiger partial charge is 0.265 e. The molecule has 8 rings (SSSR count). The highest BCUT2D eigenvalue weighted by Gasteiger charge is 2.45. The molecule has 0 saturated carbocycles. The number of hydrogen-bond donors (Lipinski definition) is 3. The number of nitrogens with zero attached hydrogens (tertiary/aromatic N) is 3. The zero-order valence-electron chi connectivity index (χ0n) is 26.8. The van der Waals surface area contributed by atoms with Crippen LogP contribution in [0.3, 0.4) is 0 Å². The number of H-pyrrole nitrogens is 1. The van der Waals surface area contributed by atoms with E-state index in [4.69, 9.17) is 4.74 Å². The van der Waals surface area contributed by atoms with E-state index in [0.29, 0.717) is 51.9 Å². The Morgan fingerprint density at radius 1 is 0.920 bits per heavy atom. The number of pyridine rings is 1. The summed E-state index contributed by atoms with van der Waals surface area (Å²) in [5.41, 5.74) is 3.38. The van der Waals surface area contributed by atoms with Gasteiger partial charge in [0.25, 0.3) is 17.7 Å². The molecule has 10 nitrogen and oxygen atoms in total. The summed E-state index contributed by atoms with van der Waals surface area (Å²) in [6.07, 6.45) is 5.91. The molecule has 2 aromatic carbocycles. The number of benzene rings is 2. The van der Waals surface area contributed by atoms with E-state index in [2.05, 4.69) is 25.5 Å². The van der Waals surface area contributed by atoms with Crippen LogP contribution in [0, 0.1) is 17.0 Å². The average Bonchev–Trinajstić information content (AvgIpc) is 3.74. The number of para-hydroxylation sites is 1. The summed E-state index contributed by atoms with van der Waals surface area (Å²) in [7, 11) is 0. The van der Waals surface area contributed by atoms with E-state index in [0.717, 1.165) is 61.7 Å². The minimum Gasteiger partial charge on any atom is -0.381 e. The number of rotatable bonds is 6. The standard InChI is InChI=1S/C37H32F2N6O4S/c38-26-4-1-5-27(39)30(26)43-35(47)29-19-23-11-16-45(28-10-15-40-31(28)32(23)50-29)36(48)22-6-8-24(9-7-22)42-34(46)25-3-2-14-41-33(25)44-20-37(21-44)12-17-49-18-13-37/h1-10,14-15,19,40H,11-13,16-18,20-21H2,(H,42,46)(H,43,47). The first-order valence-corrected chi connectivity index (χ1v) is 17.2. The van der Waals surface area contributed by atoms with Gasteiger partial charge in [0.15, 0.2) is 0 Å². The van der Waals surface area contributed by atoms with Gasteiger partial charge in [0.1, 0.15) is 23.1 Å². The molecule has 1 spiro atoms. The molecule has 50 heavy (non-hydrogen) atoms. The molecule has 3 aliphatic heterocycles. The van der Waals surface area contributed by atoms with Crippen LogP contribution in [0.25, 0.3) is 10.6 Å². The van der Waals surface area contributed by atoms with Crippen molar-refractivity contribution in [2.45, 2.75) is 19.3 Å². The number of halogens is 2. The van der Waals surface area contributed by atoms with Gasteiger partial charge in [0, 0.05) is 61.9 Å². The van der Waals surface area contributed by atoms with Crippen molar-refractivity contribution in [1.82, 2.24) is 9.97 Å². The second-order valence-corrected chi connectivity index (χ2v) is 13.9. The fourth-order valence-electron chi connectivity index (χ4n) is 6.97. The predicted octanol–water partition coefficient (Wildman–Crippen LogP) is 6.74. The molecule has 0 aliphatic carbocycles. The maximum Gasteiger partial charge on any atom is 0.265 e. The Labute approximate surface area is 290 Å². The van der Waals surface area contributed by atoms with E-state index in [1.807, 2.05) is 0 Å². The van der Waals surface area contributed by atoms with E-state index in [9.17, 15) is 23.2 Å². The summed E-state index contributed by atoms with van der Waals surface area (Å²) in [5, 5.41) is 5.30. The van der Waals surface area contributed by atoms with Crippen LogP contribution in [0.5, 0.6) is 0 Å². The average molecular weight is 695 g/mol. The lowest BCUT2D eigenvalue weighted by atomic mass is 9.73. The summed E-state index contributed by atoms with van der Waals surface area (Å²) >= 11 is 1.18. The Kier molecular flexibility index (Phi) is 8.16. The molecule has 2 fully saturated rings. The number of carbonyl (C=O) groups excluding carboxylic acids is 3. The third-order valence-electron chi connectivity index (χ3n) is 9.65. The van der Waals surface area contributed by atoms with Gasteiger partial charge in [0.05, 0.1) is 26.7 Å². The zero-order valence-corrected chi connectivity index (χ0v) is 27.6. The SMILES string of the molecule is O=C(Nc1c(F)cccc1F)c1cc2c(s1)-c1[nH]ccc1N(C(=O)c1ccc(NC(=O)c3cccnc3N3CC4(CCOCC4)C3)cc1)CC2. The predicted molar refractivity (Wildman–Crippen MR) is 187 cm³/mol. The molecule has 2 saturated heterocycles. The molecule has 0 bridgehead atoms. The number of nitrogens with one attached hydrogen (secondary N) is 3. The van der Waals surface area contributed by atoms with Crippen molar-refractivity contribution >= 4 is 51.9 Å². The van der Waals surface area contributed by atoms with E-state index in [-0.39, 0.29) is 17.2 Å². The molecular weight excluding hydrogens is 663 g/mol. The number of fused-ring (bicyclic) bond motifs is 3. The second-order valence-electron chi connectivity index (χ2n) is 12.8. The van der Waals surface area contributed by atoms with Crippen LogP contribution in [0.15, 0.2) is 79.1 Å². The molecule has 0 radical (unpaired) electrons. The Balaban J connectivity index is 0.952. The van der Waals surface area contributed by atoms with Crippen LogP contribution >= 0.6 is 11.3 Å². The molecule has 0 atom stereocenters. The number of thiophene rings is 1. The van der Waals surface area contributed by atoms with Gasteiger partial charge in [-0.2, -0.15) is 0 Å². The first-order chi connectivity index (χ1) is 24.3. The number of amides is 3. The van der Waals surface area contributed by atoms with Crippen LogP contribution in [0.2, 0.25) is 0 Å². The zero-order chi connectivity index (χ0) is 34.4. The van der Waals surface area contributed by atoms with Crippen molar-refractivity contribution in [3.63, 3.8) is 0 Å². The normalized spacial score (nSPS) is 16.2. The summed E-state index contributed by atoms with van der Waals surface area (Å²) in [6.45, 7) is 3.58. The van der Waals surface area contributed by atoms with Gasteiger partial charge in [-0.3, -0.25) is 14.4 Å². The van der Waals surface area contributed by atoms with Crippen LogP contribution in [0.4, 0.5) is 31.7 Å². The first kappa shape index (κ1) is 31.8. The fourth-order valence-corrected chi connectivity index (χ4v) is 8.09. The van der Waals surface area contributed by atoms with E-state index in [1.54, 1.807) is 65.8 Å².